The molecule has 0 aliphatic carbocycles. The summed E-state index contributed by atoms with van der Waals surface area (Å²) < 4.78 is 1.91. The normalized spacial score (nSPS) is 10.5. The maximum atomic E-state index is 6.19. The molecule has 4 heteroatoms. The van der Waals surface area contributed by atoms with Gasteiger partial charge in [0.1, 0.15) is 0 Å². The van der Waals surface area contributed by atoms with Crippen LogP contribution in [0.1, 0.15) is 0 Å². The second-order valence-corrected chi connectivity index (χ2v) is 5.77. The third-order valence-electron chi connectivity index (χ3n) is 2.16. The first kappa shape index (κ1) is 12.4. The van der Waals surface area contributed by atoms with Crippen molar-refractivity contribution in [3.8, 4) is 11.1 Å². The maximum absolute atomic E-state index is 6.19. The van der Waals surface area contributed by atoms with Crippen molar-refractivity contribution in [1.29, 1.82) is 0 Å². The van der Waals surface area contributed by atoms with Gasteiger partial charge in [-0.3, -0.25) is 0 Å². The molecule has 82 valence electrons. The molecule has 0 radical (unpaired) electrons. The van der Waals surface area contributed by atoms with Crippen LogP contribution in [0.25, 0.3) is 11.1 Å². The molecule has 0 saturated heterocycles. The minimum atomic E-state index is 0.685. The van der Waals surface area contributed by atoms with Gasteiger partial charge in [-0.1, -0.05) is 61.1 Å². The molecule has 0 aliphatic heterocycles. The summed E-state index contributed by atoms with van der Waals surface area (Å²) in [4.78, 5) is 0. The molecule has 0 aromatic heterocycles. The average molecular weight is 381 g/mol. The first-order chi connectivity index (χ1) is 7.59. The lowest BCUT2D eigenvalue weighted by atomic mass is 10.1. The Bertz CT molecular complexity index is 518. The summed E-state index contributed by atoms with van der Waals surface area (Å²) in [5.74, 6) is 0. The van der Waals surface area contributed by atoms with E-state index in [1.165, 1.54) is 0 Å². The van der Waals surface area contributed by atoms with Gasteiger partial charge in [-0.25, -0.2) is 0 Å². The third kappa shape index (κ3) is 2.45. The predicted octanol–water partition coefficient (Wildman–Crippen LogP) is 6.19. The SMILES string of the molecule is Clc1ccc(Br)c(-c2c(Cl)cccc2Br)c1. The van der Waals surface area contributed by atoms with Gasteiger partial charge in [0.05, 0.1) is 0 Å². The summed E-state index contributed by atoms with van der Waals surface area (Å²) >= 11 is 19.2. The van der Waals surface area contributed by atoms with Crippen LogP contribution in [0.3, 0.4) is 0 Å². The Labute approximate surface area is 121 Å². The van der Waals surface area contributed by atoms with Gasteiger partial charge in [-0.2, -0.15) is 0 Å². The van der Waals surface area contributed by atoms with Gasteiger partial charge in [0, 0.05) is 24.6 Å². The molecular formula is C12H6Br2Cl2. The second kappa shape index (κ2) is 5.09. The first-order valence-electron chi connectivity index (χ1n) is 4.49. The summed E-state index contributed by atoms with van der Waals surface area (Å²) in [6.45, 7) is 0. The molecule has 2 aromatic carbocycles. The Morgan fingerprint density at radius 1 is 0.875 bits per heavy atom. The number of rotatable bonds is 1. The quantitative estimate of drug-likeness (QED) is 0.553. The van der Waals surface area contributed by atoms with E-state index in [0.717, 1.165) is 20.1 Å². The number of benzene rings is 2. The minimum absolute atomic E-state index is 0.685. The number of hydrogen-bond acceptors (Lipinski definition) is 0. The summed E-state index contributed by atoms with van der Waals surface area (Å²) in [6, 6.07) is 11.3. The fraction of sp³-hybridized carbons (Fsp3) is 0. The van der Waals surface area contributed by atoms with E-state index in [-0.39, 0.29) is 0 Å². The highest BCUT2D eigenvalue weighted by Gasteiger charge is 2.11. The second-order valence-electron chi connectivity index (χ2n) is 3.22. The van der Waals surface area contributed by atoms with Crippen molar-refractivity contribution in [2.24, 2.45) is 0 Å². The zero-order valence-electron chi connectivity index (χ0n) is 7.98. The lowest BCUT2D eigenvalue weighted by Gasteiger charge is -2.09. The lowest BCUT2D eigenvalue weighted by Crippen LogP contribution is -1.83. The molecule has 0 aliphatic rings. The molecule has 0 atom stereocenters. The minimum Gasteiger partial charge on any atom is -0.0843 e. The van der Waals surface area contributed by atoms with Crippen LogP contribution in [0.15, 0.2) is 45.3 Å². The largest absolute Gasteiger partial charge is 0.0843 e. The van der Waals surface area contributed by atoms with E-state index < -0.39 is 0 Å². The molecule has 0 spiro atoms. The monoisotopic (exact) mass is 378 g/mol. The molecule has 0 bridgehead atoms. The van der Waals surface area contributed by atoms with Crippen molar-refractivity contribution in [1.82, 2.24) is 0 Å². The van der Waals surface area contributed by atoms with Crippen LogP contribution in [0.4, 0.5) is 0 Å². The predicted molar refractivity (Wildman–Crippen MR) is 77.3 cm³/mol. The van der Waals surface area contributed by atoms with E-state index in [1.54, 1.807) is 0 Å². The van der Waals surface area contributed by atoms with Gasteiger partial charge in [-0.15, -0.1) is 0 Å². The Morgan fingerprint density at radius 2 is 1.62 bits per heavy atom. The molecule has 0 fully saturated rings. The summed E-state index contributed by atoms with van der Waals surface area (Å²) in [6.07, 6.45) is 0. The van der Waals surface area contributed by atoms with Gasteiger partial charge in [0.25, 0.3) is 0 Å². The van der Waals surface area contributed by atoms with Gasteiger partial charge in [0.2, 0.25) is 0 Å². The topological polar surface area (TPSA) is 0 Å². The molecule has 2 rings (SSSR count). The third-order valence-corrected chi connectivity index (χ3v) is 4.06. The van der Waals surface area contributed by atoms with Crippen LogP contribution in [0, 0.1) is 0 Å². The first-order valence-corrected chi connectivity index (χ1v) is 6.83. The van der Waals surface area contributed by atoms with E-state index >= 15 is 0 Å². The molecule has 0 amide bonds. The summed E-state index contributed by atoms with van der Waals surface area (Å²) in [5, 5.41) is 1.38. The molecule has 2 aromatic rings. The van der Waals surface area contributed by atoms with Crippen molar-refractivity contribution < 1.29 is 0 Å². The number of halogens is 4. The van der Waals surface area contributed by atoms with Crippen LogP contribution >= 0.6 is 55.1 Å². The molecule has 0 heterocycles. The fourth-order valence-electron chi connectivity index (χ4n) is 1.44. The zero-order valence-corrected chi connectivity index (χ0v) is 12.7. The molecule has 0 unspecified atom stereocenters. The molecular weight excluding hydrogens is 375 g/mol. The van der Waals surface area contributed by atoms with Gasteiger partial charge in [0.15, 0.2) is 0 Å². The fourth-order valence-corrected chi connectivity index (χ4v) is 3.03. The molecule has 0 nitrogen and oxygen atoms in total. The van der Waals surface area contributed by atoms with Crippen molar-refractivity contribution >= 4 is 55.1 Å². The van der Waals surface area contributed by atoms with Crippen LogP contribution < -0.4 is 0 Å². The van der Waals surface area contributed by atoms with Crippen LogP contribution in [0.5, 0.6) is 0 Å². The average Bonchev–Trinajstić information content (AvgIpc) is 2.23. The van der Waals surface area contributed by atoms with Crippen LogP contribution in [-0.4, -0.2) is 0 Å². The van der Waals surface area contributed by atoms with Crippen LogP contribution in [-0.2, 0) is 0 Å². The van der Waals surface area contributed by atoms with Crippen molar-refractivity contribution in [3.05, 3.63) is 55.4 Å². The smallest absolute Gasteiger partial charge is 0.0496 e. The highest BCUT2D eigenvalue weighted by molar-refractivity contribution is 9.11. The lowest BCUT2D eigenvalue weighted by molar-refractivity contribution is 1.55. The van der Waals surface area contributed by atoms with Crippen molar-refractivity contribution in [3.63, 3.8) is 0 Å². The van der Waals surface area contributed by atoms with Crippen molar-refractivity contribution in [2.45, 2.75) is 0 Å². The van der Waals surface area contributed by atoms with Gasteiger partial charge < -0.3 is 0 Å². The molecule has 0 N–H and O–H groups in total. The Kier molecular flexibility index (Phi) is 3.96. The molecule has 16 heavy (non-hydrogen) atoms. The Morgan fingerprint density at radius 3 is 2.31 bits per heavy atom. The van der Waals surface area contributed by atoms with E-state index in [4.69, 9.17) is 23.2 Å². The van der Waals surface area contributed by atoms with E-state index in [2.05, 4.69) is 31.9 Å². The van der Waals surface area contributed by atoms with E-state index in [0.29, 0.717) is 10.0 Å². The standard InChI is InChI=1S/C12H6Br2Cl2/c13-9-5-4-7(15)6-8(9)12-10(14)2-1-3-11(12)16/h1-6H. The van der Waals surface area contributed by atoms with Gasteiger partial charge >= 0.3 is 0 Å². The molecule has 0 saturated carbocycles. The Hall–Kier alpha value is -0.0200. The zero-order chi connectivity index (χ0) is 11.7. The Balaban J connectivity index is 2.72. The summed E-state index contributed by atoms with van der Waals surface area (Å²) in [7, 11) is 0. The van der Waals surface area contributed by atoms with Crippen LogP contribution in [0.2, 0.25) is 10.0 Å². The van der Waals surface area contributed by atoms with Crippen molar-refractivity contribution in [2.75, 3.05) is 0 Å². The number of hydrogen-bond donors (Lipinski definition) is 0. The maximum Gasteiger partial charge on any atom is 0.0496 e. The van der Waals surface area contributed by atoms with E-state index in [9.17, 15) is 0 Å². The summed E-state index contributed by atoms with van der Waals surface area (Å²) in [5.41, 5.74) is 1.92. The highest BCUT2D eigenvalue weighted by Crippen LogP contribution is 2.39. The van der Waals surface area contributed by atoms with Gasteiger partial charge in [-0.05, 0) is 35.9 Å². The highest BCUT2D eigenvalue weighted by atomic mass is 79.9. The van der Waals surface area contributed by atoms with E-state index in [1.807, 2.05) is 36.4 Å².